The fourth-order valence-corrected chi connectivity index (χ4v) is 3.82. The number of ether oxygens (including phenoxy) is 2. The second-order valence-corrected chi connectivity index (χ2v) is 6.85. The molecule has 0 radical (unpaired) electrons. The maximum atomic E-state index is 6.44. The van der Waals surface area contributed by atoms with Crippen LogP contribution >= 0.6 is 0 Å². The molecule has 2 heterocycles. The van der Waals surface area contributed by atoms with Crippen LogP contribution in [-0.2, 0) is 17.6 Å². The first kappa shape index (κ1) is 15.5. The van der Waals surface area contributed by atoms with Crippen molar-refractivity contribution in [2.24, 2.45) is 0 Å². The molecule has 2 N–H and O–H groups in total. The highest BCUT2D eigenvalue weighted by molar-refractivity contribution is 5.80. The average Bonchev–Trinajstić information content (AvgIpc) is 3.05. The topological polar surface area (TPSA) is 57.4 Å². The molecule has 1 aliphatic carbocycles. The van der Waals surface area contributed by atoms with Crippen molar-refractivity contribution in [3.05, 3.63) is 41.6 Å². The Kier molecular flexibility index (Phi) is 4.15. The van der Waals surface area contributed by atoms with Crippen molar-refractivity contribution >= 4 is 5.69 Å². The van der Waals surface area contributed by atoms with E-state index in [0.717, 1.165) is 49.1 Å². The standard InChI is InChI=1S/C20H24N2O2/c1-13-11-16(8-10-23-13)24-19-12-15(7-9-22-19)18-6-5-14-3-2-4-17(14)20(18)21/h5-7,9,12-13,16H,2-4,8,10-11,21H2,1H3. The van der Waals surface area contributed by atoms with Gasteiger partial charge in [-0.2, -0.15) is 0 Å². The number of aryl methyl sites for hydroxylation is 1. The fraction of sp³-hybridized carbons (Fsp3) is 0.450. The molecule has 4 nitrogen and oxygen atoms in total. The lowest BCUT2D eigenvalue weighted by atomic mass is 9.98. The number of fused-ring (bicyclic) bond motifs is 1. The summed E-state index contributed by atoms with van der Waals surface area (Å²) in [6, 6.07) is 8.37. The number of aromatic nitrogens is 1. The zero-order chi connectivity index (χ0) is 16.5. The van der Waals surface area contributed by atoms with E-state index in [9.17, 15) is 0 Å². The van der Waals surface area contributed by atoms with Crippen LogP contribution < -0.4 is 10.5 Å². The monoisotopic (exact) mass is 324 g/mol. The summed E-state index contributed by atoms with van der Waals surface area (Å²) in [6.45, 7) is 2.84. The molecule has 2 unspecified atom stereocenters. The average molecular weight is 324 g/mol. The van der Waals surface area contributed by atoms with E-state index in [-0.39, 0.29) is 12.2 Å². The molecule has 24 heavy (non-hydrogen) atoms. The Morgan fingerprint density at radius 2 is 2.17 bits per heavy atom. The minimum absolute atomic E-state index is 0.175. The van der Waals surface area contributed by atoms with Crippen LogP contribution in [0.2, 0.25) is 0 Å². The van der Waals surface area contributed by atoms with Crippen LogP contribution in [0.15, 0.2) is 30.5 Å². The van der Waals surface area contributed by atoms with Crippen molar-refractivity contribution in [3.63, 3.8) is 0 Å². The molecule has 2 aromatic rings. The van der Waals surface area contributed by atoms with Gasteiger partial charge in [-0.05, 0) is 48.9 Å². The van der Waals surface area contributed by atoms with Gasteiger partial charge in [-0.15, -0.1) is 0 Å². The Hall–Kier alpha value is -2.07. The summed E-state index contributed by atoms with van der Waals surface area (Å²) in [6.07, 6.45) is 7.49. The number of nitrogens with two attached hydrogens (primary N) is 1. The van der Waals surface area contributed by atoms with Crippen LogP contribution in [0.1, 0.15) is 37.3 Å². The van der Waals surface area contributed by atoms with Crippen molar-refractivity contribution in [3.8, 4) is 17.0 Å². The third-order valence-corrected chi connectivity index (χ3v) is 5.10. The first-order valence-corrected chi connectivity index (χ1v) is 8.85. The van der Waals surface area contributed by atoms with Gasteiger partial charge < -0.3 is 15.2 Å². The predicted octanol–water partition coefficient (Wildman–Crippen LogP) is 3.77. The molecule has 1 aromatic carbocycles. The van der Waals surface area contributed by atoms with Gasteiger partial charge in [-0.25, -0.2) is 4.98 Å². The highest BCUT2D eigenvalue weighted by Crippen LogP contribution is 2.36. The Morgan fingerprint density at radius 1 is 1.25 bits per heavy atom. The van der Waals surface area contributed by atoms with Crippen LogP contribution in [-0.4, -0.2) is 23.8 Å². The minimum atomic E-state index is 0.175. The summed E-state index contributed by atoms with van der Waals surface area (Å²) < 4.78 is 11.7. The van der Waals surface area contributed by atoms with Gasteiger partial charge in [0, 0.05) is 36.4 Å². The van der Waals surface area contributed by atoms with Gasteiger partial charge in [0.05, 0.1) is 12.7 Å². The number of rotatable bonds is 3. The summed E-state index contributed by atoms with van der Waals surface area (Å²) in [5.74, 6) is 0.673. The lowest BCUT2D eigenvalue weighted by Crippen LogP contribution is -2.31. The van der Waals surface area contributed by atoms with Gasteiger partial charge in [0.25, 0.3) is 0 Å². The molecule has 2 atom stereocenters. The van der Waals surface area contributed by atoms with Gasteiger partial charge in [0.2, 0.25) is 5.88 Å². The zero-order valence-electron chi connectivity index (χ0n) is 14.1. The smallest absolute Gasteiger partial charge is 0.214 e. The third-order valence-electron chi connectivity index (χ3n) is 5.10. The number of benzene rings is 1. The van der Waals surface area contributed by atoms with Crippen LogP contribution in [0.3, 0.4) is 0 Å². The second-order valence-electron chi connectivity index (χ2n) is 6.85. The molecule has 4 heteroatoms. The number of hydrogen-bond donors (Lipinski definition) is 1. The van der Waals surface area contributed by atoms with Crippen LogP contribution in [0.4, 0.5) is 5.69 Å². The SMILES string of the molecule is CC1CC(Oc2cc(-c3ccc4c(c3N)CCC4)ccn2)CCO1. The predicted molar refractivity (Wildman–Crippen MR) is 95.2 cm³/mol. The lowest BCUT2D eigenvalue weighted by molar-refractivity contribution is -0.0263. The van der Waals surface area contributed by atoms with Gasteiger partial charge in [-0.3, -0.25) is 0 Å². The molecule has 4 rings (SSSR count). The van der Waals surface area contributed by atoms with Crippen molar-refractivity contribution in [2.75, 3.05) is 12.3 Å². The first-order chi connectivity index (χ1) is 11.7. The van der Waals surface area contributed by atoms with Crippen molar-refractivity contribution in [2.45, 2.75) is 51.2 Å². The maximum Gasteiger partial charge on any atom is 0.214 e. The van der Waals surface area contributed by atoms with E-state index in [1.807, 2.05) is 12.1 Å². The van der Waals surface area contributed by atoms with Crippen molar-refractivity contribution < 1.29 is 9.47 Å². The lowest BCUT2D eigenvalue weighted by Gasteiger charge is -2.27. The summed E-state index contributed by atoms with van der Waals surface area (Å²) >= 11 is 0. The fourth-order valence-electron chi connectivity index (χ4n) is 3.82. The molecule has 1 aromatic heterocycles. The highest BCUT2D eigenvalue weighted by Gasteiger charge is 2.22. The van der Waals surface area contributed by atoms with E-state index >= 15 is 0 Å². The summed E-state index contributed by atoms with van der Waals surface area (Å²) in [7, 11) is 0. The molecule has 0 spiro atoms. The van der Waals surface area contributed by atoms with E-state index in [0.29, 0.717) is 5.88 Å². The Morgan fingerprint density at radius 3 is 3.04 bits per heavy atom. The van der Waals surface area contributed by atoms with Gasteiger partial charge in [0.15, 0.2) is 0 Å². The second kappa shape index (κ2) is 6.44. The number of anilines is 1. The molecule has 1 aliphatic heterocycles. The third kappa shape index (κ3) is 2.98. The highest BCUT2D eigenvalue weighted by atomic mass is 16.5. The molecule has 0 saturated carbocycles. The normalized spacial score (nSPS) is 23.0. The molecule has 2 aliphatic rings. The van der Waals surface area contributed by atoms with E-state index in [1.165, 1.54) is 17.5 Å². The first-order valence-electron chi connectivity index (χ1n) is 8.85. The Labute approximate surface area is 143 Å². The summed E-state index contributed by atoms with van der Waals surface area (Å²) in [4.78, 5) is 4.38. The molecule has 0 bridgehead atoms. The van der Waals surface area contributed by atoms with Crippen molar-refractivity contribution in [1.82, 2.24) is 4.98 Å². The van der Waals surface area contributed by atoms with E-state index < -0.39 is 0 Å². The van der Waals surface area contributed by atoms with Gasteiger partial charge in [0.1, 0.15) is 6.10 Å². The number of pyridine rings is 1. The number of hydrogen-bond acceptors (Lipinski definition) is 4. The Bertz CT molecular complexity index is 744. The van der Waals surface area contributed by atoms with E-state index in [2.05, 4.69) is 24.0 Å². The maximum absolute atomic E-state index is 6.44. The largest absolute Gasteiger partial charge is 0.474 e. The molecule has 1 saturated heterocycles. The summed E-state index contributed by atoms with van der Waals surface area (Å²) in [5, 5.41) is 0. The van der Waals surface area contributed by atoms with Crippen molar-refractivity contribution in [1.29, 1.82) is 0 Å². The molecular formula is C20H24N2O2. The minimum Gasteiger partial charge on any atom is -0.474 e. The molecule has 1 fully saturated rings. The zero-order valence-corrected chi connectivity index (χ0v) is 14.1. The summed E-state index contributed by atoms with van der Waals surface area (Å²) in [5.41, 5.74) is 12.2. The number of nitrogens with zero attached hydrogens (tertiary/aromatic N) is 1. The van der Waals surface area contributed by atoms with Crippen LogP contribution in [0.25, 0.3) is 11.1 Å². The van der Waals surface area contributed by atoms with Crippen LogP contribution in [0, 0.1) is 0 Å². The van der Waals surface area contributed by atoms with Gasteiger partial charge in [-0.1, -0.05) is 12.1 Å². The quantitative estimate of drug-likeness (QED) is 0.873. The molecular weight excluding hydrogens is 300 g/mol. The molecule has 126 valence electrons. The Balaban J connectivity index is 1.59. The van der Waals surface area contributed by atoms with E-state index in [4.69, 9.17) is 15.2 Å². The van der Waals surface area contributed by atoms with Gasteiger partial charge >= 0.3 is 0 Å². The number of nitrogen functional groups attached to an aromatic ring is 1. The van der Waals surface area contributed by atoms with Crippen LogP contribution in [0.5, 0.6) is 5.88 Å². The van der Waals surface area contributed by atoms with E-state index in [1.54, 1.807) is 6.20 Å². The molecule has 0 amide bonds.